The highest BCUT2D eigenvalue weighted by Gasteiger charge is 2.09. The Morgan fingerprint density at radius 3 is 2.58 bits per heavy atom. The molecule has 0 spiro atoms. The van der Waals surface area contributed by atoms with Gasteiger partial charge in [-0.05, 0) is 24.3 Å². The van der Waals surface area contributed by atoms with Gasteiger partial charge in [0.2, 0.25) is 5.95 Å². The molecule has 0 radical (unpaired) electrons. The van der Waals surface area contributed by atoms with E-state index >= 15 is 0 Å². The largest absolute Gasteiger partial charge is 0.336 e. The van der Waals surface area contributed by atoms with Gasteiger partial charge in [0.25, 0.3) is 0 Å². The zero-order valence-electron chi connectivity index (χ0n) is 11.9. The lowest BCUT2D eigenvalue weighted by atomic mass is 10.3. The summed E-state index contributed by atoms with van der Waals surface area (Å²) in [4.78, 5) is 4.14. The van der Waals surface area contributed by atoms with Gasteiger partial charge in [0.1, 0.15) is 11.6 Å². The first-order valence-electron chi connectivity index (χ1n) is 6.66. The van der Waals surface area contributed by atoms with E-state index < -0.39 is 11.6 Å². The smallest absolute Gasteiger partial charge is 0.249 e. The van der Waals surface area contributed by atoms with Crippen molar-refractivity contribution in [2.24, 2.45) is 0 Å². The summed E-state index contributed by atoms with van der Waals surface area (Å²) in [5.74, 6) is -1.07. The quantitative estimate of drug-likeness (QED) is 0.683. The second-order valence-corrected chi connectivity index (χ2v) is 5.43. The first kappa shape index (κ1) is 16.4. The van der Waals surface area contributed by atoms with Crippen molar-refractivity contribution >= 4 is 46.3 Å². The lowest BCUT2D eigenvalue weighted by Crippen LogP contribution is -2.03. The summed E-state index contributed by atoms with van der Waals surface area (Å²) in [6, 6.07) is 8.20. The van der Waals surface area contributed by atoms with E-state index in [9.17, 15) is 8.78 Å². The topological polar surface area (TPSA) is 62.7 Å². The third-order valence-corrected chi connectivity index (χ3v) is 3.77. The monoisotopic (exact) mass is 367 g/mol. The van der Waals surface area contributed by atoms with E-state index in [0.29, 0.717) is 15.7 Å². The molecule has 5 nitrogen and oxygen atoms in total. The van der Waals surface area contributed by atoms with Crippen LogP contribution in [0.1, 0.15) is 0 Å². The maximum Gasteiger partial charge on any atom is 0.249 e. The number of rotatable bonds is 4. The highest BCUT2D eigenvalue weighted by Crippen LogP contribution is 2.31. The Morgan fingerprint density at radius 2 is 1.79 bits per heavy atom. The minimum absolute atomic E-state index is 0.0589. The van der Waals surface area contributed by atoms with E-state index in [-0.39, 0.29) is 17.5 Å². The second kappa shape index (κ2) is 6.94. The molecule has 2 aromatic carbocycles. The normalized spacial score (nSPS) is 10.5. The third kappa shape index (κ3) is 3.69. The van der Waals surface area contributed by atoms with E-state index in [1.807, 2.05) is 0 Å². The molecule has 0 amide bonds. The molecule has 0 saturated heterocycles. The molecular weight excluding hydrogens is 359 g/mol. The van der Waals surface area contributed by atoms with Crippen LogP contribution in [0.4, 0.5) is 31.9 Å². The molecule has 0 fully saturated rings. The summed E-state index contributed by atoms with van der Waals surface area (Å²) in [5, 5.41) is 13.8. The van der Waals surface area contributed by atoms with Crippen molar-refractivity contribution in [1.82, 2.24) is 15.2 Å². The molecule has 24 heavy (non-hydrogen) atoms. The summed E-state index contributed by atoms with van der Waals surface area (Å²) in [7, 11) is 0. The van der Waals surface area contributed by atoms with Gasteiger partial charge in [-0.15, -0.1) is 5.10 Å². The third-order valence-electron chi connectivity index (χ3n) is 2.95. The van der Waals surface area contributed by atoms with Crippen LogP contribution in [0.5, 0.6) is 0 Å². The van der Waals surface area contributed by atoms with Crippen molar-refractivity contribution in [2.75, 3.05) is 10.6 Å². The maximum absolute atomic E-state index is 13.7. The molecule has 9 heteroatoms. The fourth-order valence-corrected chi connectivity index (χ4v) is 2.21. The van der Waals surface area contributed by atoms with E-state index in [1.165, 1.54) is 12.3 Å². The van der Waals surface area contributed by atoms with Crippen molar-refractivity contribution in [3.8, 4) is 0 Å². The van der Waals surface area contributed by atoms with Gasteiger partial charge in [-0.1, -0.05) is 29.3 Å². The van der Waals surface area contributed by atoms with Gasteiger partial charge < -0.3 is 10.6 Å². The van der Waals surface area contributed by atoms with Crippen molar-refractivity contribution in [3.05, 3.63) is 64.3 Å². The Bertz CT molecular complexity index is 891. The predicted octanol–water partition coefficient (Wildman–Crippen LogP) is 4.94. The van der Waals surface area contributed by atoms with Gasteiger partial charge in [0.15, 0.2) is 5.82 Å². The van der Waals surface area contributed by atoms with E-state index in [2.05, 4.69) is 25.8 Å². The van der Waals surface area contributed by atoms with Crippen LogP contribution in [-0.4, -0.2) is 15.2 Å². The number of nitrogens with one attached hydrogen (secondary N) is 2. The molecule has 2 N–H and O–H groups in total. The molecule has 0 aliphatic carbocycles. The summed E-state index contributed by atoms with van der Waals surface area (Å²) < 4.78 is 26.6. The number of halogens is 4. The van der Waals surface area contributed by atoms with Gasteiger partial charge in [-0.2, -0.15) is 10.1 Å². The van der Waals surface area contributed by atoms with Crippen LogP contribution in [0.3, 0.4) is 0 Å². The van der Waals surface area contributed by atoms with E-state index in [4.69, 9.17) is 23.2 Å². The van der Waals surface area contributed by atoms with Gasteiger partial charge in [0.05, 0.1) is 27.6 Å². The van der Waals surface area contributed by atoms with Gasteiger partial charge >= 0.3 is 0 Å². The van der Waals surface area contributed by atoms with Crippen LogP contribution in [0, 0.1) is 11.6 Å². The number of aromatic nitrogens is 3. The molecule has 0 aliphatic heterocycles. The van der Waals surface area contributed by atoms with Crippen LogP contribution >= 0.6 is 23.2 Å². The maximum atomic E-state index is 13.7. The molecule has 122 valence electrons. The minimum atomic E-state index is -0.749. The fourth-order valence-electron chi connectivity index (χ4n) is 1.87. The summed E-state index contributed by atoms with van der Waals surface area (Å²) in [6.07, 6.45) is 1.30. The molecule has 0 unspecified atom stereocenters. The Morgan fingerprint density at radius 1 is 0.958 bits per heavy atom. The molecule has 0 aliphatic rings. The Kier molecular flexibility index (Phi) is 4.73. The number of benzene rings is 2. The van der Waals surface area contributed by atoms with Gasteiger partial charge in [-0.25, -0.2) is 8.78 Å². The van der Waals surface area contributed by atoms with Crippen LogP contribution < -0.4 is 10.6 Å². The van der Waals surface area contributed by atoms with Crippen molar-refractivity contribution in [1.29, 1.82) is 0 Å². The van der Waals surface area contributed by atoms with E-state index in [1.54, 1.807) is 18.2 Å². The molecule has 1 heterocycles. The average Bonchev–Trinajstić information content (AvgIpc) is 2.55. The molecule has 1 aromatic heterocycles. The number of anilines is 4. The fraction of sp³-hybridized carbons (Fsp3) is 0. The summed E-state index contributed by atoms with van der Waals surface area (Å²) in [6.45, 7) is 0. The molecule has 3 rings (SSSR count). The van der Waals surface area contributed by atoms with E-state index in [0.717, 1.165) is 12.1 Å². The number of hydrogen-bond donors (Lipinski definition) is 2. The van der Waals surface area contributed by atoms with Crippen LogP contribution in [0.2, 0.25) is 10.0 Å². The van der Waals surface area contributed by atoms with Crippen molar-refractivity contribution in [2.45, 2.75) is 0 Å². The molecule has 0 saturated carbocycles. The highest BCUT2D eigenvalue weighted by molar-refractivity contribution is 6.43. The Hall–Kier alpha value is -2.51. The van der Waals surface area contributed by atoms with Crippen molar-refractivity contribution in [3.63, 3.8) is 0 Å². The lowest BCUT2D eigenvalue weighted by Gasteiger charge is -2.09. The van der Waals surface area contributed by atoms with Crippen LogP contribution in [-0.2, 0) is 0 Å². The minimum Gasteiger partial charge on any atom is -0.336 e. The number of hydrogen-bond acceptors (Lipinski definition) is 5. The molecule has 0 atom stereocenters. The molecular formula is C15H9Cl2F2N5. The van der Waals surface area contributed by atoms with Crippen LogP contribution in [0.15, 0.2) is 42.6 Å². The van der Waals surface area contributed by atoms with Crippen LogP contribution in [0.25, 0.3) is 0 Å². The zero-order chi connectivity index (χ0) is 17.1. The predicted molar refractivity (Wildman–Crippen MR) is 89.2 cm³/mol. The number of nitrogens with zero attached hydrogens (tertiary/aromatic N) is 3. The Labute approximate surface area is 145 Å². The summed E-state index contributed by atoms with van der Waals surface area (Å²) in [5.41, 5.74) is 0.555. The van der Waals surface area contributed by atoms with Crippen molar-refractivity contribution < 1.29 is 8.78 Å². The van der Waals surface area contributed by atoms with Gasteiger partial charge in [-0.3, -0.25) is 0 Å². The van der Waals surface area contributed by atoms with Gasteiger partial charge in [0, 0.05) is 6.07 Å². The lowest BCUT2D eigenvalue weighted by molar-refractivity contribution is 0.586. The first-order valence-corrected chi connectivity index (χ1v) is 7.41. The SMILES string of the molecule is Fc1ccc(Nc2cnnc(Nc3cccc(Cl)c3Cl)n2)c(F)c1. The zero-order valence-corrected chi connectivity index (χ0v) is 13.4. The Balaban J connectivity index is 1.82. The second-order valence-electron chi connectivity index (χ2n) is 4.64. The molecule has 0 bridgehead atoms. The summed E-state index contributed by atoms with van der Waals surface area (Å²) >= 11 is 12.0. The molecule has 3 aromatic rings. The average molecular weight is 368 g/mol. The standard InChI is InChI=1S/C15H9Cl2F2N5/c16-9-2-1-3-12(14(9)17)22-15-23-13(7-20-24-15)21-11-5-4-8(18)6-10(11)19/h1-7H,(H2,21,22,23,24). The first-order chi connectivity index (χ1) is 11.5. The highest BCUT2D eigenvalue weighted by atomic mass is 35.5.